The van der Waals surface area contributed by atoms with Gasteiger partial charge < -0.3 is 19.7 Å². The second kappa shape index (κ2) is 11.0. The molecule has 0 aliphatic heterocycles. The molecule has 0 saturated heterocycles. The van der Waals surface area contributed by atoms with Gasteiger partial charge in [0, 0.05) is 19.2 Å². The predicted octanol–water partition coefficient (Wildman–Crippen LogP) is 4.82. The van der Waals surface area contributed by atoms with Crippen LogP contribution in [-0.4, -0.2) is 30.4 Å². The summed E-state index contributed by atoms with van der Waals surface area (Å²) in [7, 11) is 1.57. The highest BCUT2D eigenvalue weighted by molar-refractivity contribution is 5.88. The Kier molecular flexibility index (Phi) is 7.86. The molecule has 3 rings (SSSR count). The Morgan fingerprint density at radius 1 is 0.938 bits per heavy atom. The lowest BCUT2D eigenvalue weighted by molar-refractivity contribution is -0.136. The van der Waals surface area contributed by atoms with Crippen LogP contribution in [0, 0.1) is 0 Å². The smallest absolute Gasteiger partial charge is 0.261 e. The molecule has 3 aromatic carbocycles. The van der Waals surface area contributed by atoms with Crippen molar-refractivity contribution >= 4 is 17.5 Å². The second-order valence-electron chi connectivity index (χ2n) is 7.43. The SMILES string of the molecule is COc1ccccc1OCC(=O)N(Cc1ccccc1)C(C)c1cccc(NC(C)=O)c1. The fourth-order valence-electron chi connectivity index (χ4n) is 3.44. The maximum absolute atomic E-state index is 13.3. The number of para-hydroxylation sites is 2. The topological polar surface area (TPSA) is 67.9 Å². The Morgan fingerprint density at radius 2 is 1.62 bits per heavy atom. The predicted molar refractivity (Wildman–Crippen MR) is 125 cm³/mol. The van der Waals surface area contributed by atoms with Gasteiger partial charge in [-0.05, 0) is 42.3 Å². The number of hydrogen-bond donors (Lipinski definition) is 1. The highest BCUT2D eigenvalue weighted by atomic mass is 16.5. The third-order valence-electron chi connectivity index (χ3n) is 5.09. The van der Waals surface area contributed by atoms with E-state index in [1.54, 1.807) is 24.1 Å². The monoisotopic (exact) mass is 432 g/mol. The number of nitrogens with one attached hydrogen (secondary N) is 1. The van der Waals surface area contributed by atoms with Crippen molar-refractivity contribution in [1.82, 2.24) is 4.90 Å². The molecule has 1 atom stereocenters. The van der Waals surface area contributed by atoms with Gasteiger partial charge in [0.2, 0.25) is 5.91 Å². The van der Waals surface area contributed by atoms with Crippen molar-refractivity contribution < 1.29 is 19.1 Å². The number of carbonyl (C=O) groups excluding carboxylic acids is 2. The molecule has 3 aromatic rings. The minimum atomic E-state index is -0.238. The van der Waals surface area contributed by atoms with Crippen molar-refractivity contribution in [2.45, 2.75) is 26.4 Å². The van der Waals surface area contributed by atoms with E-state index in [0.29, 0.717) is 23.7 Å². The number of amides is 2. The van der Waals surface area contributed by atoms with Gasteiger partial charge in [0.1, 0.15) is 0 Å². The van der Waals surface area contributed by atoms with Gasteiger partial charge in [0.05, 0.1) is 13.2 Å². The lowest BCUT2D eigenvalue weighted by Gasteiger charge is -2.30. The third kappa shape index (κ3) is 6.11. The first kappa shape index (κ1) is 22.9. The number of hydrogen-bond acceptors (Lipinski definition) is 4. The Morgan fingerprint density at radius 3 is 2.31 bits per heavy atom. The van der Waals surface area contributed by atoms with E-state index >= 15 is 0 Å². The van der Waals surface area contributed by atoms with Crippen molar-refractivity contribution in [2.24, 2.45) is 0 Å². The van der Waals surface area contributed by atoms with E-state index < -0.39 is 0 Å². The van der Waals surface area contributed by atoms with E-state index in [0.717, 1.165) is 11.1 Å². The van der Waals surface area contributed by atoms with Crippen LogP contribution < -0.4 is 14.8 Å². The number of ether oxygens (including phenoxy) is 2. The first-order valence-electron chi connectivity index (χ1n) is 10.4. The molecule has 2 amide bonds. The van der Waals surface area contributed by atoms with Crippen LogP contribution in [0.3, 0.4) is 0 Å². The van der Waals surface area contributed by atoms with Gasteiger partial charge in [0.15, 0.2) is 18.1 Å². The molecule has 6 nitrogen and oxygen atoms in total. The summed E-state index contributed by atoms with van der Waals surface area (Å²) in [6, 6.07) is 24.4. The summed E-state index contributed by atoms with van der Waals surface area (Å²) < 4.78 is 11.1. The number of methoxy groups -OCH3 is 1. The van der Waals surface area contributed by atoms with Gasteiger partial charge in [-0.3, -0.25) is 9.59 Å². The average molecular weight is 433 g/mol. The molecule has 0 bridgehead atoms. The molecule has 0 heterocycles. The zero-order valence-electron chi connectivity index (χ0n) is 18.6. The zero-order valence-corrected chi connectivity index (χ0v) is 18.6. The molecule has 0 aromatic heterocycles. The van der Waals surface area contributed by atoms with Crippen LogP contribution in [0.5, 0.6) is 11.5 Å². The fraction of sp³-hybridized carbons (Fsp3) is 0.231. The number of rotatable bonds is 9. The summed E-state index contributed by atoms with van der Waals surface area (Å²) in [5.74, 6) is 0.795. The molecule has 0 spiro atoms. The number of anilines is 1. The number of nitrogens with zero attached hydrogens (tertiary/aromatic N) is 1. The standard InChI is InChI=1S/C26H28N2O4/c1-19(22-12-9-13-23(16-22)27-20(2)29)28(17-21-10-5-4-6-11-21)26(30)18-32-25-15-8-7-14-24(25)31-3/h4-16,19H,17-18H2,1-3H3,(H,27,29). The van der Waals surface area contributed by atoms with Gasteiger partial charge in [-0.25, -0.2) is 0 Å². The van der Waals surface area contributed by atoms with Crippen molar-refractivity contribution in [1.29, 1.82) is 0 Å². The Bertz CT molecular complexity index is 1050. The Balaban J connectivity index is 1.82. The van der Waals surface area contributed by atoms with Gasteiger partial charge >= 0.3 is 0 Å². The minimum absolute atomic E-state index is 0.122. The molecule has 1 unspecified atom stereocenters. The van der Waals surface area contributed by atoms with Crippen molar-refractivity contribution in [2.75, 3.05) is 19.0 Å². The lowest BCUT2D eigenvalue weighted by Crippen LogP contribution is -2.36. The van der Waals surface area contributed by atoms with Gasteiger partial charge in [0.25, 0.3) is 5.91 Å². The van der Waals surface area contributed by atoms with Crippen LogP contribution in [-0.2, 0) is 16.1 Å². The van der Waals surface area contributed by atoms with Crippen LogP contribution in [0.1, 0.15) is 31.0 Å². The van der Waals surface area contributed by atoms with Crippen molar-refractivity contribution in [3.05, 3.63) is 90.0 Å². The van der Waals surface area contributed by atoms with Crippen LogP contribution in [0.2, 0.25) is 0 Å². The molecular weight excluding hydrogens is 404 g/mol. The molecule has 166 valence electrons. The van der Waals surface area contributed by atoms with E-state index in [1.165, 1.54) is 6.92 Å². The van der Waals surface area contributed by atoms with Gasteiger partial charge in [-0.2, -0.15) is 0 Å². The molecule has 1 N–H and O–H groups in total. The molecule has 32 heavy (non-hydrogen) atoms. The zero-order chi connectivity index (χ0) is 22.9. The van der Waals surface area contributed by atoms with Gasteiger partial charge in [-0.1, -0.05) is 54.6 Å². The highest BCUT2D eigenvalue weighted by Gasteiger charge is 2.23. The number of benzene rings is 3. The first-order valence-corrected chi connectivity index (χ1v) is 10.4. The molecule has 0 radical (unpaired) electrons. The molecular formula is C26H28N2O4. The minimum Gasteiger partial charge on any atom is -0.493 e. The summed E-state index contributed by atoms with van der Waals surface area (Å²) in [5, 5.41) is 2.80. The number of carbonyl (C=O) groups is 2. The second-order valence-corrected chi connectivity index (χ2v) is 7.43. The van der Waals surface area contributed by atoms with E-state index in [4.69, 9.17) is 9.47 Å². The normalized spacial score (nSPS) is 11.3. The van der Waals surface area contributed by atoms with E-state index in [9.17, 15) is 9.59 Å². The summed E-state index contributed by atoms with van der Waals surface area (Å²) in [6.07, 6.45) is 0. The summed E-state index contributed by atoms with van der Waals surface area (Å²) in [4.78, 5) is 26.5. The van der Waals surface area contributed by atoms with Crippen LogP contribution >= 0.6 is 0 Å². The van der Waals surface area contributed by atoms with Gasteiger partial charge in [-0.15, -0.1) is 0 Å². The summed E-state index contributed by atoms with van der Waals surface area (Å²) in [5.41, 5.74) is 2.63. The van der Waals surface area contributed by atoms with E-state index in [-0.39, 0.29) is 24.5 Å². The van der Waals surface area contributed by atoms with Crippen molar-refractivity contribution in [3.63, 3.8) is 0 Å². The molecule has 0 saturated carbocycles. The maximum Gasteiger partial charge on any atom is 0.261 e. The largest absolute Gasteiger partial charge is 0.493 e. The van der Waals surface area contributed by atoms with Crippen LogP contribution in [0.4, 0.5) is 5.69 Å². The summed E-state index contributed by atoms with van der Waals surface area (Å²) in [6.45, 7) is 3.75. The third-order valence-corrected chi connectivity index (χ3v) is 5.09. The molecule has 0 aliphatic rings. The van der Waals surface area contributed by atoms with Crippen LogP contribution in [0.15, 0.2) is 78.9 Å². The van der Waals surface area contributed by atoms with E-state index in [1.807, 2.05) is 73.7 Å². The molecule has 0 fully saturated rings. The van der Waals surface area contributed by atoms with Crippen LogP contribution in [0.25, 0.3) is 0 Å². The quantitative estimate of drug-likeness (QED) is 0.526. The van der Waals surface area contributed by atoms with E-state index in [2.05, 4.69) is 5.32 Å². The molecule has 0 aliphatic carbocycles. The first-order chi connectivity index (χ1) is 15.5. The Labute approximate surface area is 188 Å². The Hall–Kier alpha value is -3.80. The molecule has 6 heteroatoms. The summed E-state index contributed by atoms with van der Waals surface area (Å²) >= 11 is 0. The van der Waals surface area contributed by atoms with Crippen molar-refractivity contribution in [3.8, 4) is 11.5 Å². The maximum atomic E-state index is 13.3. The average Bonchev–Trinajstić information content (AvgIpc) is 2.81. The lowest BCUT2D eigenvalue weighted by atomic mass is 10.0. The highest BCUT2D eigenvalue weighted by Crippen LogP contribution is 2.28. The fourth-order valence-corrected chi connectivity index (χ4v) is 3.44.